The number of benzene rings is 2. The number of phenols is 1. The second-order valence-electron chi connectivity index (χ2n) is 4.45. The van der Waals surface area contributed by atoms with Crippen molar-refractivity contribution >= 4 is 15.7 Å². The summed E-state index contributed by atoms with van der Waals surface area (Å²) < 4.78 is 26.7. The summed E-state index contributed by atoms with van der Waals surface area (Å²) in [6, 6.07) is 13.3. The van der Waals surface area contributed by atoms with E-state index in [1.165, 1.54) is 22.5 Å². The van der Waals surface area contributed by atoms with Gasteiger partial charge in [-0.15, -0.1) is 0 Å². The number of aromatic hydroxyl groups is 1. The Morgan fingerprint density at radius 2 is 1.75 bits per heavy atom. The standard InChI is InChI=1S/C15H17NO3S/c1-3-16(13-7-5-4-6-8-13)20(18,19)14-9-10-15(17)12(2)11-14/h4-11,17H,3H2,1-2H3. The third-order valence-corrected chi connectivity index (χ3v) is 4.99. The Hall–Kier alpha value is -2.01. The molecule has 0 aliphatic rings. The van der Waals surface area contributed by atoms with Crippen molar-refractivity contribution in [3.63, 3.8) is 0 Å². The number of hydrogen-bond acceptors (Lipinski definition) is 3. The minimum absolute atomic E-state index is 0.0895. The fourth-order valence-corrected chi connectivity index (χ4v) is 3.56. The number of rotatable bonds is 4. The van der Waals surface area contributed by atoms with E-state index in [4.69, 9.17) is 0 Å². The third-order valence-electron chi connectivity index (χ3n) is 3.09. The lowest BCUT2D eigenvalue weighted by Gasteiger charge is -2.23. The molecule has 0 saturated carbocycles. The van der Waals surface area contributed by atoms with Gasteiger partial charge in [0, 0.05) is 6.54 Å². The van der Waals surface area contributed by atoms with Crippen molar-refractivity contribution in [3.8, 4) is 5.75 Å². The number of sulfonamides is 1. The first-order valence-corrected chi connectivity index (χ1v) is 7.78. The molecule has 2 aromatic rings. The zero-order chi connectivity index (χ0) is 14.8. The van der Waals surface area contributed by atoms with E-state index < -0.39 is 10.0 Å². The van der Waals surface area contributed by atoms with Crippen LogP contribution in [0.2, 0.25) is 0 Å². The number of para-hydroxylation sites is 1. The Bertz CT molecular complexity index is 696. The molecule has 2 rings (SSSR count). The van der Waals surface area contributed by atoms with Crippen LogP contribution in [-0.2, 0) is 10.0 Å². The molecule has 106 valence electrons. The second-order valence-corrected chi connectivity index (χ2v) is 6.32. The minimum Gasteiger partial charge on any atom is -0.508 e. The molecule has 5 heteroatoms. The lowest BCUT2D eigenvalue weighted by atomic mass is 10.2. The Morgan fingerprint density at radius 1 is 1.10 bits per heavy atom. The Kier molecular flexibility index (Phi) is 3.99. The molecule has 0 aromatic heterocycles. The molecule has 0 atom stereocenters. The lowest BCUT2D eigenvalue weighted by Crippen LogP contribution is -2.30. The molecular formula is C15H17NO3S. The van der Waals surface area contributed by atoms with Gasteiger partial charge in [-0.1, -0.05) is 18.2 Å². The first-order chi connectivity index (χ1) is 9.46. The van der Waals surface area contributed by atoms with Gasteiger partial charge in [-0.3, -0.25) is 4.31 Å². The fraction of sp³-hybridized carbons (Fsp3) is 0.200. The predicted molar refractivity (Wildman–Crippen MR) is 79.5 cm³/mol. The van der Waals surface area contributed by atoms with Crippen LogP contribution in [0.5, 0.6) is 5.75 Å². The van der Waals surface area contributed by atoms with Crippen LogP contribution < -0.4 is 4.31 Å². The van der Waals surface area contributed by atoms with Crippen LogP contribution in [0.1, 0.15) is 12.5 Å². The smallest absolute Gasteiger partial charge is 0.264 e. The van der Waals surface area contributed by atoms with Crippen LogP contribution in [0.15, 0.2) is 53.4 Å². The Labute approximate surface area is 119 Å². The topological polar surface area (TPSA) is 57.6 Å². The van der Waals surface area contributed by atoms with E-state index in [1.54, 1.807) is 38.1 Å². The third kappa shape index (κ3) is 2.63. The first kappa shape index (κ1) is 14.4. The van der Waals surface area contributed by atoms with Crippen LogP contribution in [0.4, 0.5) is 5.69 Å². The molecular weight excluding hydrogens is 274 g/mol. The molecule has 0 aliphatic heterocycles. The van der Waals surface area contributed by atoms with Crippen LogP contribution in [0.3, 0.4) is 0 Å². The van der Waals surface area contributed by atoms with Crippen molar-refractivity contribution in [2.24, 2.45) is 0 Å². The summed E-state index contributed by atoms with van der Waals surface area (Å²) in [7, 11) is -3.62. The van der Waals surface area contributed by atoms with Crippen molar-refractivity contribution < 1.29 is 13.5 Å². The van der Waals surface area contributed by atoms with Crippen LogP contribution in [-0.4, -0.2) is 20.1 Å². The predicted octanol–water partition coefficient (Wildman–Crippen LogP) is 2.92. The highest BCUT2D eigenvalue weighted by molar-refractivity contribution is 7.92. The van der Waals surface area contributed by atoms with Crippen molar-refractivity contribution in [3.05, 3.63) is 54.1 Å². The van der Waals surface area contributed by atoms with Crippen LogP contribution in [0.25, 0.3) is 0 Å². The molecule has 4 nitrogen and oxygen atoms in total. The average Bonchev–Trinajstić information content (AvgIpc) is 2.43. The average molecular weight is 291 g/mol. The van der Waals surface area contributed by atoms with E-state index in [0.717, 1.165) is 0 Å². The summed E-state index contributed by atoms with van der Waals surface area (Å²) in [5.74, 6) is 0.0895. The van der Waals surface area contributed by atoms with E-state index >= 15 is 0 Å². The summed E-state index contributed by atoms with van der Waals surface area (Å²) in [6.07, 6.45) is 0. The van der Waals surface area contributed by atoms with Gasteiger partial charge >= 0.3 is 0 Å². The highest BCUT2D eigenvalue weighted by Gasteiger charge is 2.23. The summed E-state index contributed by atoms with van der Waals surface area (Å²) in [4.78, 5) is 0.179. The second kappa shape index (κ2) is 5.54. The maximum Gasteiger partial charge on any atom is 0.264 e. The molecule has 0 bridgehead atoms. The Balaban J connectivity index is 2.50. The number of anilines is 1. The van der Waals surface area contributed by atoms with Crippen LogP contribution >= 0.6 is 0 Å². The van der Waals surface area contributed by atoms with Gasteiger partial charge in [0.1, 0.15) is 5.75 Å². The zero-order valence-corrected chi connectivity index (χ0v) is 12.3. The van der Waals surface area contributed by atoms with Gasteiger partial charge in [-0.05, 0) is 49.7 Å². The molecule has 0 fully saturated rings. The van der Waals surface area contributed by atoms with Gasteiger partial charge in [0.15, 0.2) is 0 Å². The number of aryl methyl sites for hydroxylation is 1. The van der Waals surface area contributed by atoms with E-state index in [-0.39, 0.29) is 10.6 Å². The number of hydrogen-bond donors (Lipinski definition) is 1. The first-order valence-electron chi connectivity index (χ1n) is 6.34. The zero-order valence-electron chi connectivity index (χ0n) is 11.4. The van der Waals surface area contributed by atoms with E-state index in [1.807, 2.05) is 6.07 Å². The Morgan fingerprint density at radius 3 is 2.30 bits per heavy atom. The molecule has 0 saturated heterocycles. The molecule has 2 aromatic carbocycles. The number of nitrogens with zero attached hydrogens (tertiary/aromatic N) is 1. The maximum absolute atomic E-state index is 12.7. The summed E-state index contributed by atoms with van der Waals surface area (Å²) in [5.41, 5.74) is 1.16. The molecule has 0 aliphatic carbocycles. The molecule has 0 radical (unpaired) electrons. The molecule has 0 spiro atoms. The highest BCUT2D eigenvalue weighted by Crippen LogP contribution is 2.26. The molecule has 1 N–H and O–H groups in total. The normalized spacial score (nSPS) is 11.3. The van der Waals surface area contributed by atoms with Crippen molar-refractivity contribution in [1.29, 1.82) is 0 Å². The minimum atomic E-state index is -3.62. The van der Waals surface area contributed by atoms with Gasteiger partial charge in [0.05, 0.1) is 10.6 Å². The largest absolute Gasteiger partial charge is 0.508 e. The monoisotopic (exact) mass is 291 g/mol. The molecule has 20 heavy (non-hydrogen) atoms. The molecule has 0 unspecified atom stereocenters. The van der Waals surface area contributed by atoms with E-state index in [0.29, 0.717) is 17.8 Å². The van der Waals surface area contributed by atoms with Crippen molar-refractivity contribution in [2.75, 3.05) is 10.8 Å². The van der Waals surface area contributed by atoms with Gasteiger partial charge < -0.3 is 5.11 Å². The van der Waals surface area contributed by atoms with E-state index in [2.05, 4.69) is 0 Å². The molecule has 0 amide bonds. The van der Waals surface area contributed by atoms with Gasteiger partial charge in [-0.25, -0.2) is 8.42 Å². The lowest BCUT2D eigenvalue weighted by molar-refractivity contribution is 0.470. The summed E-state index contributed by atoms with van der Waals surface area (Å²) in [5, 5.41) is 9.51. The van der Waals surface area contributed by atoms with Crippen molar-refractivity contribution in [2.45, 2.75) is 18.7 Å². The van der Waals surface area contributed by atoms with Crippen molar-refractivity contribution in [1.82, 2.24) is 0 Å². The quantitative estimate of drug-likeness (QED) is 0.942. The highest BCUT2D eigenvalue weighted by atomic mass is 32.2. The summed E-state index contributed by atoms with van der Waals surface area (Å²) in [6.45, 7) is 3.80. The van der Waals surface area contributed by atoms with E-state index in [9.17, 15) is 13.5 Å². The van der Waals surface area contributed by atoms with Crippen LogP contribution in [0, 0.1) is 6.92 Å². The molecule has 0 heterocycles. The van der Waals surface area contributed by atoms with Gasteiger partial charge in [0.2, 0.25) is 0 Å². The number of phenolic OH excluding ortho intramolecular Hbond substituents is 1. The summed E-state index contributed by atoms with van der Waals surface area (Å²) >= 11 is 0. The fourth-order valence-electron chi connectivity index (χ4n) is 2.00. The SMILES string of the molecule is CCN(c1ccccc1)S(=O)(=O)c1ccc(O)c(C)c1. The van der Waals surface area contributed by atoms with Gasteiger partial charge in [0.25, 0.3) is 10.0 Å². The van der Waals surface area contributed by atoms with Gasteiger partial charge in [-0.2, -0.15) is 0 Å². The maximum atomic E-state index is 12.7.